The van der Waals surface area contributed by atoms with Gasteiger partial charge in [0.15, 0.2) is 11.6 Å². The monoisotopic (exact) mass is 759 g/mol. The minimum Gasteiger partial charge on any atom is -0.312 e. The highest BCUT2D eigenvalue weighted by molar-refractivity contribution is 6.14. The van der Waals surface area contributed by atoms with E-state index in [0.717, 1.165) is 45.8 Å². The van der Waals surface area contributed by atoms with Crippen LogP contribution in [0.4, 0.5) is 0 Å². The Morgan fingerprint density at radius 1 is 0.576 bits per heavy atom. The Morgan fingerprint density at radius 3 is 2.05 bits per heavy atom. The summed E-state index contributed by atoms with van der Waals surface area (Å²) in [7, 11) is 0. The number of hydrogen-bond acceptors (Lipinski definition) is 5. The number of imidazole rings is 1. The normalized spacial score (nSPS) is 18.3. The van der Waals surface area contributed by atoms with Gasteiger partial charge in [0.1, 0.15) is 11.6 Å². The van der Waals surface area contributed by atoms with E-state index in [2.05, 4.69) is 142 Å². The van der Waals surface area contributed by atoms with Crippen molar-refractivity contribution in [2.75, 3.05) is 0 Å². The standard InChI is InChI=1S/C52H37N7/c1-32-37(51-56-49(33-14-4-2-5-15-33)55-50(57-51)34-16-6-3-7-17-34)20-12-24-43(32)58-44-22-10-8-19-38(44)39-26-27-40-47(48(39)58)41-30-35(36-18-13-29-53-31-36)25-28-45(41)59-46-23-11-9-21-42(46)54-52(40)59/h2-29,31-32,37,41H,30H2,1H3. The first-order chi connectivity index (χ1) is 29.2. The van der Waals surface area contributed by atoms with Crippen molar-refractivity contribution < 1.29 is 0 Å². The zero-order valence-corrected chi connectivity index (χ0v) is 32.3. The van der Waals surface area contributed by atoms with Gasteiger partial charge in [-0.25, -0.2) is 19.9 Å². The second kappa shape index (κ2) is 13.3. The topological polar surface area (TPSA) is 74.3 Å². The number of aromatic nitrogens is 7. The molecule has 59 heavy (non-hydrogen) atoms. The number of hydrogen-bond donors (Lipinski definition) is 0. The third kappa shape index (κ3) is 5.24. The maximum Gasteiger partial charge on any atom is 0.163 e. The molecule has 0 saturated carbocycles. The fourth-order valence-electron chi connectivity index (χ4n) is 9.65. The molecule has 0 radical (unpaired) electrons. The van der Waals surface area contributed by atoms with E-state index in [-0.39, 0.29) is 17.8 Å². The minimum atomic E-state index is -0.104. The van der Waals surface area contributed by atoms with E-state index in [0.29, 0.717) is 11.6 Å². The fourth-order valence-corrected chi connectivity index (χ4v) is 9.65. The van der Waals surface area contributed by atoms with Crippen LogP contribution in [0.1, 0.15) is 42.1 Å². The molecule has 4 aromatic heterocycles. The Bertz CT molecular complexity index is 3200. The second-order valence-corrected chi connectivity index (χ2v) is 15.7. The average molecular weight is 760 g/mol. The van der Waals surface area contributed by atoms with Gasteiger partial charge in [0.05, 0.1) is 22.1 Å². The highest BCUT2D eigenvalue weighted by Gasteiger charge is 2.38. The van der Waals surface area contributed by atoms with Gasteiger partial charge in [-0.3, -0.25) is 9.55 Å². The summed E-state index contributed by atoms with van der Waals surface area (Å²) < 4.78 is 4.94. The first-order valence-corrected chi connectivity index (χ1v) is 20.3. The first-order valence-electron chi connectivity index (χ1n) is 20.3. The molecule has 5 aromatic carbocycles. The van der Waals surface area contributed by atoms with Gasteiger partial charge in [-0.15, -0.1) is 0 Å². The van der Waals surface area contributed by atoms with Gasteiger partial charge in [0.25, 0.3) is 0 Å². The maximum absolute atomic E-state index is 5.33. The van der Waals surface area contributed by atoms with Crippen molar-refractivity contribution in [1.29, 1.82) is 0 Å². The van der Waals surface area contributed by atoms with E-state index in [9.17, 15) is 0 Å². The van der Waals surface area contributed by atoms with Crippen molar-refractivity contribution >= 4 is 49.8 Å². The molecule has 280 valence electrons. The van der Waals surface area contributed by atoms with Crippen LogP contribution in [-0.4, -0.2) is 34.1 Å². The van der Waals surface area contributed by atoms with Crippen LogP contribution >= 0.6 is 0 Å². The van der Waals surface area contributed by atoms with Crippen LogP contribution in [0.5, 0.6) is 0 Å². The summed E-state index contributed by atoms with van der Waals surface area (Å²) in [5.74, 6) is 3.07. The van der Waals surface area contributed by atoms with E-state index >= 15 is 0 Å². The number of pyridine rings is 1. The lowest BCUT2D eigenvalue weighted by molar-refractivity contribution is 0.598. The third-order valence-corrected chi connectivity index (χ3v) is 12.4. The van der Waals surface area contributed by atoms with Gasteiger partial charge in [-0.05, 0) is 59.5 Å². The summed E-state index contributed by atoms with van der Waals surface area (Å²) >= 11 is 0. The summed E-state index contributed by atoms with van der Waals surface area (Å²) in [6.07, 6.45) is 16.0. The molecule has 3 atom stereocenters. The number of para-hydroxylation sites is 3. The predicted molar refractivity (Wildman–Crippen MR) is 238 cm³/mol. The number of allylic oxidation sites excluding steroid dienone is 8. The molecule has 1 aliphatic heterocycles. The lowest BCUT2D eigenvalue weighted by Crippen LogP contribution is -2.22. The summed E-state index contributed by atoms with van der Waals surface area (Å²) in [5, 5.41) is 2.46. The Morgan fingerprint density at radius 2 is 1.29 bits per heavy atom. The molecule has 0 fully saturated rings. The molecule has 0 bridgehead atoms. The average Bonchev–Trinajstić information content (AvgIpc) is 3.86. The van der Waals surface area contributed by atoms with Crippen LogP contribution in [-0.2, 0) is 0 Å². The molecule has 0 N–H and O–H groups in total. The highest BCUT2D eigenvalue weighted by Crippen LogP contribution is 2.54. The molecule has 12 rings (SSSR count). The van der Waals surface area contributed by atoms with Crippen molar-refractivity contribution in [3.8, 4) is 34.2 Å². The first kappa shape index (κ1) is 33.6. The number of fused-ring (bicyclic) bond motifs is 12. The number of nitrogens with zero attached hydrogens (tertiary/aromatic N) is 7. The van der Waals surface area contributed by atoms with Gasteiger partial charge < -0.3 is 4.57 Å². The molecule has 0 amide bonds. The maximum atomic E-state index is 5.33. The predicted octanol–water partition coefficient (Wildman–Crippen LogP) is 12.0. The Hall–Kier alpha value is -7.51. The Kier molecular flexibility index (Phi) is 7.57. The quantitative estimate of drug-likeness (QED) is 0.175. The SMILES string of the molecule is CC1C(n2c3ccccc3c3ccc4c(c32)C2CC(c3cccnc3)=CC=C2n2c-4nc3ccccc32)=CC=CC1c1nc(-c2ccccc2)nc(-c2ccccc2)n1. The van der Waals surface area contributed by atoms with Gasteiger partial charge >= 0.3 is 0 Å². The zero-order chi connectivity index (χ0) is 39.0. The van der Waals surface area contributed by atoms with Crippen molar-refractivity contribution in [2.24, 2.45) is 5.92 Å². The van der Waals surface area contributed by atoms with Crippen molar-refractivity contribution in [3.05, 3.63) is 193 Å². The lowest BCUT2D eigenvalue weighted by Gasteiger charge is -2.35. The molecule has 9 aromatic rings. The number of rotatable bonds is 5. The van der Waals surface area contributed by atoms with Crippen molar-refractivity contribution in [1.82, 2.24) is 34.1 Å². The van der Waals surface area contributed by atoms with Gasteiger partial charge in [-0.1, -0.05) is 134 Å². The second-order valence-electron chi connectivity index (χ2n) is 15.7. The molecule has 2 aliphatic carbocycles. The fraction of sp³-hybridized carbons (Fsp3) is 0.0962. The summed E-state index contributed by atoms with van der Waals surface area (Å²) in [6.45, 7) is 2.32. The lowest BCUT2D eigenvalue weighted by atomic mass is 9.78. The molecule has 3 aliphatic rings. The Balaban J connectivity index is 1.08. The molecule has 7 nitrogen and oxygen atoms in total. The van der Waals surface area contributed by atoms with E-state index in [1.54, 1.807) is 0 Å². The largest absolute Gasteiger partial charge is 0.312 e. The van der Waals surface area contributed by atoms with Gasteiger partial charge in [-0.2, -0.15) is 0 Å². The van der Waals surface area contributed by atoms with Crippen LogP contribution in [0.3, 0.4) is 0 Å². The molecule has 0 saturated heterocycles. The van der Waals surface area contributed by atoms with Crippen LogP contribution in [0.2, 0.25) is 0 Å². The van der Waals surface area contributed by atoms with E-state index in [1.165, 1.54) is 49.9 Å². The van der Waals surface area contributed by atoms with E-state index < -0.39 is 0 Å². The molecule has 3 unspecified atom stereocenters. The Labute approximate surface area is 341 Å². The smallest absolute Gasteiger partial charge is 0.163 e. The van der Waals surface area contributed by atoms with E-state index in [4.69, 9.17) is 19.9 Å². The molecular weight excluding hydrogens is 723 g/mol. The van der Waals surface area contributed by atoms with Crippen molar-refractivity contribution in [2.45, 2.75) is 25.2 Å². The molecule has 0 spiro atoms. The van der Waals surface area contributed by atoms with Crippen LogP contribution in [0.15, 0.2) is 176 Å². The van der Waals surface area contributed by atoms with Gasteiger partial charge in [0.2, 0.25) is 0 Å². The summed E-state index contributed by atoms with van der Waals surface area (Å²) in [6, 6.07) is 46.6. The molecule has 5 heterocycles. The van der Waals surface area contributed by atoms with Crippen molar-refractivity contribution in [3.63, 3.8) is 0 Å². The highest BCUT2D eigenvalue weighted by atomic mass is 15.1. The number of benzene rings is 5. The summed E-state index contributed by atoms with van der Waals surface area (Å²) in [4.78, 5) is 25.3. The van der Waals surface area contributed by atoms with Gasteiger partial charge in [0, 0.05) is 69.0 Å². The summed E-state index contributed by atoms with van der Waals surface area (Å²) in [5.41, 5.74) is 13.8. The zero-order valence-electron chi connectivity index (χ0n) is 32.3. The van der Waals surface area contributed by atoms with E-state index in [1.807, 2.05) is 54.9 Å². The minimum absolute atomic E-state index is 0.0184. The molecular formula is C52H37N7. The third-order valence-electron chi connectivity index (χ3n) is 12.4. The van der Waals surface area contributed by atoms with Crippen LogP contribution in [0.25, 0.3) is 84.0 Å². The van der Waals surface area contributed by atoms with Crippen LogP contribution < -0.4 is 0 Å². The molecule has 7 heteroatoms. The van der Waals surface area contributed by atoms with Crippen LogP contribution in [0, 0.1) is 5.92 Å².